The van der Waals surface area contributed by atoms with Gasteiger partial charge in [0.25, 0.3) is 5.91 Å². The number of carbonyl (C=O) groups excluding carboxylic acids is 3. The summed E-state index contributed by atoms with van der Waals surface area (Å²) in [6, 6.07) is 8.21. The second kappa shape index (κ2) is 12.7. The predicted molar refractivity (Wildman–Crippen MR) is 127 cm³/mol. The van der Waals surface area contributed by atoms with Gasteiger partial charge < -0.3 is 20.1 Å². The van der Waals surface area contributed by atoms with Crippen LogP contribution in [0.4, 0.5) is 5.69 Å². The lowest BCUT2D eigenvalue weighted by Gasteiger charge is -2.14. The predicted octanol–water partition coefficient (Wildman–Crippen LogP) is 3.30. The molecule has 33 heavy (non-hydrogen) atoms. The van der Waals surface area contributed by atoms with Crippen molar-refractivity contribution in [2.24, 2.45) is 5.10 Å². The zero-order valence-electron chi connectivity index (χ0n) is 18.3. The highest BCUT2D eigenvalue weighted by Crippen LogP contribution is 2.36. The molecule has 0 heterocycles. The molecule has 0 atom stereocenters. The van der Waals surface area contributed by atoms with Gasteiger partial charge in [0.15, 0.2) is 18.1 Å². The van der Waals surface area contributed by atoms with E-state index in [4.69, 9.17) is 32.7 Å². The summed E-state index contributed by atoms with van der Waals surface area (Å²) >= 11 is 12.3. The number of halogens is 2. The van der Waals surface area contributed by atoms with E-state index in [0.29, 0.717) is 29.2 Å². The zero-order chi connectivity index (χ0) is 24.4. The Hall–Kier alpha value is -3.30. The Morgan fingerprint density at radius 3 is 2.58 bits per heavy atom. The molecule has 0 aliphatic rings. The highest BCUT2D eigenvalue weighted by Gasteiger charge is 2.15. The summed E-state index contributed by atoms with van der Waals surface area (Å²) in [7, 11) is 1.41. The van der Waals surface area contributed by atoms with Crippen molar-refractivity contribution in [1.29, 1.82) is 0 Å². The lowest BCUT2D eigenvalue weighted by molar-refractivity contribution is -0.139. The lowest BCUT2D eigenvalue weighted by atomic mass is 10.2. The van der Waals surface area contributed by atoms with Gasteiger partial charge in [0, 0.05) is 17.3 Å². The van der Waals surface area contributed by atoms with Crippen molar-refractivity contribution in [3.63, 3.8) is 0 Å². The van der Waals surface area contributed by atoms with Gasteiger partial charge in [-0.1, -0.05) is 36.2 Å². The SMILES string of the molecule is CCCNC(=O)C(=O)N/N=C\c1cc(Cl)c(OCC(=O)Nc2cc(Cl)ccc2C)c(OC)c1. The molecule has 0 radical (unpaired) electrons. The first-order valence-electron chi connectivity index (χ1n) is 9.92. The minimum absolute atomic E-state index is 0.162. The normalized spacial score (nSPS) is 10.6. The van der Waals surface area contributed by atoms with Crippen molar-refractivity contribution in [3.05, 3.63) is 51.5 Å². The van der Waals surface area contributed by atoms with Gasteiger partial charge in [-0.2, -0.15) is 5.10 Å². The number of nitrogens with zero attached hydrogens (tertiary/aromatic N) is 1. The molecule has 0 spiro atoms. The number of nitrogens with one attached hydrogen (secondary N) is 3. The fourth-order valence-electron chi connectivity index (χ4n) is 2.54. The smallest absolute Gasteiger partial charge is 0.329 e. The number of methoxy groups -OCH3 is 1. The lowest BCUT2D eigenvalue weighted by Crippen LogP contribution is -2.38. The molecule has 11 heteroatoms. The number of amides is 3. The van der Waals surface area contributed by atoms with Crippen molar-refractivity contribution >= 4 is 52.8 Å². The molecule has 2 aromatic rings. The molecule has 2 aromatic carbocycles. The quantitative estimate of drug-likeness (QED) is 0.280. The van der Waals surface area contributed by atoms with Crippen LogP contribution in [0.2, 0.25) is 10.0 Å². The summed E-state index contributed by atoms with van der Waals surface area (Å²) in [4.78, 5) is 35.5. The molecule has 0 aliphatic carbocycles. The van der Waals surface area contributed by atoms with Crippen molar-refractivity contribution < 1.29 is 23.9 Å². The van der Waals surface area contributed by atoms with Crippen LogP contribution in [-0.4, -0.2) is 44.2 Å². The van der Waals surface area contributed by atoms with Gasteiger partial charge in [0.1, 0.15) is 0 Å². The molecule has 3 amide bonds. The number of benzene rings is 2. The van der Waals surface area contributed by atoms with Crippen LogP contribution in [0.1, 0.15) is 24.5 Å². The molecule has 3 N–H and O–H groups in total. The standard InChI is InChI=1S/C22H24Cl2N4O5/c1-4-7-25-21(30)22(31)28-26-11-14-8-16(24)20(18(9-14)32-3)33-12-19(29)27-17-10-15(23)6-5-13(17)2/h5-6,8-11H,4,7,12H2,1-3H3,(H,25,30)(H,27,29)(H,28,31)/b26-11-. The van der Waals surface area contributed by atoms with Gasteiger partial charge in [-0.15, -0.1) is 0 Å². The molecular weight excluding hydrogens is 471 g/mol. The molecule has 0 saturated carbocycles. The van der Waals surface area contributed by atoms with Crippen LogP contribution in [0.3, 0.4) is 0 Å². The summed E-state index contributed by atoms with van der Waals surface area (Å²) in [6.07, 6.45) is 1.99. The topological polar surface area (TPSA) is 118 Å². The molecule has 2 rings (SSSR count). The Morgan fingerprint density at radius 2 is 1.88 bits per heavy atom. The number of rotatable bonds is 9. The minimum atomic E-state index is -0.890. The van der Waals surface area contributed by atoms with Gasteiger partial charge >= 0.3 is 11.8 Å². The van der Waals surface area contributed by atoms with E-state index in [1.165, 1.54) is 19.4 Å². The number of hydrogen-bond donors (Lipinski definition) is 3. The molecule has 0 aliphatic heterocycles. The largest absolute Gasteiger partial charge is 0.493 e. The van der Waals surface area contributed by atoms with E-state index in [-0.39, 0.29) is 23.1 Å². The Labute approximate surface area is 201 Å². The van der Waals surface area contributed by atoms with Gasteiger partial charge in [-0.25, -0.2) is 5.43 Å². The molecule has 176 valence electrons. The molecule has 0 aromatic heterocycles. The van der Waals surface area contributed by atoms with Crippen molar-refractivity contribution in [1.82, 2.24) is 10.7 Å². The molecule has 0 unspecified atom stereocenters. The maximum Gasteiger partial charge on any atom is 0.329 e. The van der Waals surface area contributed by atoms with Crippen LogP contribution in [0, 0.1) is 6.92 Å². The van der Waals surface area contributed by atoms with E-state index in [0.717, 1.165) is 5.56 Å². The zero-order valence-corrected chi connectivity index (χ0v) is 19.8. The fourth-order valence-corrected chi connectivity index (χ4v) is 2.99. The van der Waals surface area contributed by atoms with E-state index in [1.807, 2.05) is 13.8 Å². The molecule has 0 fully saturated rings. The summed E-state index contributed by atoms with van der Waals surface area (Å²) in [6.45, 7) is 3.78. The first-order chi connectivity index (χ1) is 15.7. The first kappa shape index (κ1) is 26.0. The number of hydrogen-bond acceptors (Lipinski definition) is 6. The minimum Gasteiger partial charge on any atom is -0.493 e. The maximum absolute atomic E-state index is 12.3. The van der Waals surface area contributed by atoms with Gasteiger partial charge in [-0.05, 0) is 48.7 Å². The second-order valence-corrected chi connectivity index (χ2v) is 7.63. The first-order valence-corrected chi connectivity index (χ1v) is 10.7. The van der Waals surface area contributed by atoms with E-state index in [9.17, 15) is 14.4 Å². The average Bonchev–Trinajstić information content (AvgIpc) is 2.78. The van der Waals surface area contributed by atoms with Crippen molar-refractivity contribution in [3.8, 4) is 11.5 Å². The van der Waals surface area contributed by atoms with Crippen molar-refractivity contribution in [2.75, 3.05) is 25.6 Å². The number of carbonyl (C=O) groups is 3. The average molecular weight is 495 g/mol. The van der Waals surface area contributed by atoms with E-state index in [1.54, 1.807) is 24.3 Å². The van der Waals surface area contributed by atoms with Crippen LogP contribution < -0.4 is 25.5 Å². The number of anilines is 1. The summed E-state index contributed by atoms with van der Waals surface area (Å²) in [5, 5.41) is 9.56. The van der Waals surface area contributed by atoms with E-state index >= 15 is 0 Å². The summed E-state index contributed by atoms with van der Waals surface area (Å²) < 4.78 is 10.9. The van der Waals surface area contributed by atoms with E-state index < -0.39 is 17.7 Å². The van der Waals surface area contributed by atoms with Crippen LogP contribution in [-0.2, 0) is 14.4 Å². The third-order valence-corrected chi connectivity index (χ3v) is 4.71. The van der Waals surface area contributed by atoms with Crippen LogP contribution in [0.5, 0.6) is 11.5 Å². The van der Waals surface area contributed by atoms with Crippen LogP contribution >= 0.6 is 23.2 Å². The summed E-state index contributed by atoms with van der Waals surface area (Å²) in [5.74, 6) is -1.66. The molecule has 0 bridgehead atoms. The molecular formula is C22H24Cl2N4O5. The van der Waals surface area contributed by atoms with Gasteiger partial charge in [0.2, 0.25) is 0 Å². The van der Waals surface area contributed by atoms with Crippen LogP contribution in [0.15, 0.2) is 35.4 Å². The number of aryl methyl sites for hydroxylation is 1. The highest BCUT2D eigenvalue weighted by atomic mass is 35.5. The third kappa shape index (κ3) is 7.96. The summed E-state index contributed by atoms with van der Waals surface area (Å²) in [5.41, 5.74) is 4.02. The Kier molecular flexibility index (Phi) is 9.96. The molecule has 0 saturated heterocycles. The maximum atomic E-state index is 12.3. The second-order valence-electron chi connectivity index (χ2n) is 6.79. The molecule has 9 nitrogen and oxygen atoms in total. The van der Waals surface area contributed by atoms with Crippen molar-refractivity contribution in [2.45, 2.75) is 20.3 Å². The van der Waals surface area contributed by atoms with Crippen LogP contribution in [0.25, 0.3) is 0 Å². The Balaban J connectivity index is 2.01. The highest BCUT2D eigenvalue weighted by molar-refractivity contribution is 6.35. The van der Waals surface area contributed by atoms with Gasteiger partial charge in [-0.3, -0.25) is 14.4 Å². The monoisotopic (exact) mass is 494 g/mol. The Morgan fingerprint density at radius 1 is 1.12 bits per heavy atom. The Bertz CT molecular complexity index is 1060. The fraction of sp³-hybridized carbons (Fsp3) is 0.273. The third-order valence-electron chi connectivity index (χ3n) is 4.19. The number of ether oxygens (including phenoxy) is 2. The number of hydrazone groups is 1. The van der Waals surface area contributed by atoms with Gasteiger partial charge in [0.05, 0.1) is 18.3 Å². The van der Waals surface area contributed by atoms with E-state index in [2.05, 4.69) is 21.2 Å².